The minimum absolute atomic E-state index is 0.169. The fourth-order valence-electron chi connectivity index (χ4n) is 3.56. The Kier molecular flexibility index (Phi) is 6.67. The first kappa shape index (κ1) is 19.6. The Morgan fingerprint density at radius 3 is 2.33 bits per heavy atom. The van der Waals surface area contributed by atoms with E-state index in [4.69, 9.17) is 0 Å². The van der Waals surface area contributed by atoms with E-state index in [9.17, 15) is 9.59 Å². The van der Waals surface area contributed by atoms with Crippen molar-refractivity contribution in [2.45, 2.75) is 32.1 Å². The third kappa shape index (κ3) is 5.42. The van der Waals surface area contributed by atoms with Crippen molar-refractivity contribution < 1.29 is 9.59 Å². The average Bonchev–Trinajstić information content (AvgIpc) is 3.22. The van der Waals surface area contributed by atoms with Crippen LogP contribution in [0.4, 0.5) is 0 Å². The minimum Gasteiger partial charge on any atom is -0.349 e. The van der Waals surface area contributed by atoms with Crippen LogP contribution in [0, 0.1) is 5.92 Å². The highest BCUT2D eigenvalue weighted by Gasteiger charge is 2.23. The lowest BCUT2D eigenvalue weighted by molar-refractivity contribution is -0.128. The molecule has 3 rings (SSSR count). The average molecular weight is 385 g/mol. The maximum atomic E-state index is 12.4. The van der Waals surface area contributed by atoms with E-state index in [-0.39, 0.29) is 11.8 Å². The molecule has 2 heterocycles. The van der Waals surface area contributed by atoms with E-state index in [2.05, 4.69) is 24.3 Å². The number of amides is 2. The molecule has 1 fully saturated rings. The van der Waals surface area contributed by atoms with Gasteiger partial charge < -0.3 is 9.80 Å². The molecule has 0 radical (unpaired) electrons. The molecule has 1 aliphatic rings. The van der Waals surface area contributed by atoms with Crippen molar-refractivity contribution in [2.75, 3.05) is 27.2 Å². The van der Waals surface area contributed by atoms with E-state index in [1.165, 1.54) is 11.1 Å². The lowest BCUT2D eigenvalue weighted by atomic mass is 9.89. The van der Waals surface area contributed by atoms with Gasteiger partial charge in [0.25, 0.3) is 5.91 Å². The molecule has 144 valence electrons. The molecule has 0 saturated carbocycles. The van der Waals surface area contributed by atoms with E-state index in [0.717, 1.165) is 44.3 Å². The molecule has 0 atom stereocenters. The number of rotatable bonds is 6. The number of carbonyl (C=O) groups excluding carboxylic acids is 2. The molecule has 1 aliphatic heterocycles. The summed E-state index contributed by atoms with van der Waals surface area (Å²) in [6, 6.07) is 10.6. The van der Waals surface area contributed by atoms with Gasteiger partial charge in [-0.2, -0.15) is 11.3 Å². The van der Waals surface area contributed by atoms with Gasteiger partial charge in [0.1, 0.15) is 0 Å². The van der Waals surface area contributed by atoms with Crippen molar-refractivity contribution in [1.82, 2.24) is 9.80 Å². The number of thiophene rings is 1. The first-order chi connectivity index (χ1) is 13.0. The molecular formula is C22H28N2O2S. The normalized spacial score (nSPS) is 15.0. The fourth-order valence-corrected chi connectivity index (χ4v) is 4.19. The number of benzene rings is 1. The van der Waals surface area contributed by atoms with Gasteiger partial charge in [0, 0.05) is 39.0 Å². The van der Waals surface area contributed by atoms with Gasteiger partial charge in [-0.05, 0) is 54.2 Å². The van der Waals surface area contributed by atoms with E-state index >= 15 is 0 Å². The molecule has 5 heteroatoms. The lowest BCUT2D eigenvalue weighted by Gasteiger charge is -2.32. The first-order valence-corrected chi connectivity index (χ1v) is 10.6. The van der Waals surface area contributed by atoms with Gasteiger partial charge >= 0.3 is 0 Å². The van der Waals surface area contributed by atoms with Crippen LogP contribution < -0.4 is 0 Å². The van der Waals surface area contributed by atoms with Crippen LogP contribution in [0.25, 0.3) is 0 Å². The Balaban J connectivity index is 1.45. The standard InChI is InChI=1S/C22H28N2O2S/c1-23(2)21(25)8-7-17-3-5-18(6-4-17)15-19-9-12-24(13-10-19)22(26)20-11-14-27-16-20/h3-6,11,14,16,19H,7-10,12-13,15H2,1-2H3. The molecule has 1 saturated heterocycles. The Morgan fingerprint density at radius 2 is 1.74 bits per heavy atom. The molecule has 0 bridgehead atoms. The molecule has 1 aromatic heterocycles. The van der Waals surface area contributed by atoms with Crippen molar-refractivity contribution in [3.05, 3.63) is 57.8 Å². The zero-order valence-corrected chi connectivity index (χ0v) is 17.0. The second kappa shape index (κ2) is 9.18. The molecule has 0 aliphatic carbocycles. The van der Waals surface area contributed by atoms with Crippen LogP contribution in [0.15, 0.2) is 41.1 Å². The van der Waals surface area contributed by atoms with Gasteiger partial charge in [-0.3, -0.25) is 9.59 Å². The maximum Gasteiger partial charge on any atom is 0.254 e. The van der Waals surface area contributed by atoms with E-state index in [0.29, 0.717) is 12.3 Å². The number of aryl methyl sites for hydroxylation is 1. The lowest BCUT2D eigenvalue weighted by Crippen LogP contribution is -2.38. The molecule has 27 heavy (non-hydrogen) atoms. The summed E-state index contributed by atoms with van der Waals surface area (Å²) < 4.78 is 0. The SMILES string of the molecule is CN(C)C(=O)CCc1ccc(CC2CCN(C(=O)c3ccsc3)CC2)cc1. The highest BCUT2D eigenvalue weighted by molar-refractivity contribution is 7.08. The Hall–Kier alpha value is -2.14. The minimum atomic E-state index is 0.169. The van der Waals surface area contributed by atoms with E-state index in [1.807, 2.05) is 21.7 Å². The summed E-state index contributed by atoms with van der Waals surface area (Å²) in [4.78, 5) is 27.7. The summed E-state index contributed by atoms with van der Waals surface area (Å²) in [7, 11) is 3.59. The monoisotopic (exact) mass is 384 g/mol. The smallest absolute Gasteiger partial charge is 0.254 e. The molecule has 0 unspecified atom stereocenters. The quantitative estimate of drug-likeness (QED) is 0.759. The van der Waals surface area contributed by atoms with Gasteiger partial charge in [-0.15, -0.1) is 0 Å². The van der Waals surface area contributed by atoms with Crippen molar-refractivity contribution in [1.29, 1.82) is 0 Å². The summed E-state index contributed by atoms with van der Waals surface area (Å²) in [5.41, 5.74) is 3.38. The Morgan fingerprint density at radius 1 is 1.07 bits per heavy atom. The summed E-state index contributed by atoms with van der Waals surface area (Å²) in [5, 5.41) is 3.89. The topological polar surface area (TPSA) is 40.6 Å². The van der Waals surface area contributed by atoms with Crippen LogP contribution >= 0.6 is 11.3 Å². The number of hydrogen-bond donors (Lipinski definition) is 0. The molecule has 0 N–H and O–H groups in total. The number of likely N-dealkylation sites (tertiary alicyclic amines) is 1. The highest BCUT2D eigenvalue weighted by atomic mass is 32.1. The molecule has 1 aromatic carbocycles. The van der Waals surface area contributed by atoms with E-state index in [1.54, 1.807) is 30.3 Å². The molecular weight excluding hydrogens is 356 g/mol. The predicted octanol–water partition coefficient (Wildman–Crippen LogP) is 3.86. The third-order valence-electron chi connectivity index (χ3n) is 5.34. The van der Waals surface area contributed by atoms with Crippen LogP contribution in [-0.2, 0) is 17.6 Å². The van der Waals surface area contributed by atoms with Crippen LogP contribution in [0.2, 0.25) is 0 Å². The first-order valence-electron chi connectivity index (χ1n) is 9.62. The van der Waals surface area contributed by atoms with Crippen LogP contribution in [-0.4, -0.2) is 48.8 Å². The highest BCUT2D eigenvalue weighted by Crippen LogP contribution is 2.23. The van der Waals surface area contributed by atoms with Gasteiger partial charge in [-0.1, -0.05) is 24.3 Å². The summed E-state index contributed by atoms with van der Waals surface area (Å²) >= 11 is 1.57. The van der Waals surface area contributed by atoms with Gasteiger partial charge in [0.05, 0.1) is 5.56 Å². The second-order valence-corrected chi connectivity index (χ2v) is 8.34. The molecule has 4 nitrogen and oxygen atoms in total. The van der Waals surface area contributed by atoms with Crippen LogP contribution in [0.3, 0.4) is 0 Å². The number of nitrogens with zero attached hydrogens (tertiary/aromatic N) is 2. The number of piperidine rings is 1. The number of hydrogen-bond acceptors (Lipinski definition) is 3. The second-order valence-electron chi connectivity index (χ2n) is 7.56. The summed E-state index contributed by atoms with van der Waals surface area (Å²) in [6.45, 7) is 1.70. The van der Waals surface area contributed by atoms with E-state index < -0.39 is 0 Å². The van der Waals surface area contributed by atoms with Crippen molar-refractivity contribution in [2.24, 2.45) is 5.92 Å². The largest absolute Gasteiger partial charge is 0.349 e. The Bertz CT molecular complexity index is 745. The van der Waals surface area contributed by atoms with Gasteiger partial charge in [-0.25, -0.2) is 0 Å². The van der Waals surface area contributed by atoms with Crippen molar-refractivity contribution >= 4 is 23.2 Å². The zero-order chi connectivity index (χ0) is 19.2. The zero-order valence-electron chi connectivity index (χ0n) is 16.2. The van der Waals surface area contributed by atoms with Crippen molar-refractivity contribution in [3.8, 4) is 0 Å². The number of carbonyl (C=O) groups is 2. The molecule has 2 aromatic rings. The maximum absolute atomic E-state index is 12.4. The molecule has 0 spiro atoms. The van der Waals surface area contributed by atoms with Crippen molar-refractivity contribution in [3.63, 3.8) is 0 Å². The fraction of sp³-hybridized carbons (Fsp3) is 0.455. The van der Waals surface area contributed by atoms with Gasteiger partial charge in [0.2, 0.25) is 5.91 Å². The summed E-state index contributed by atoms with van der Waals surface area (Å²) in [5.74, 6) is 0.979. The molecule has 2 amide bonds. The predicted molar refractivity (Wildman–Crippen MR) is 110 cm³/mol. The van der Waals surface area contributed by atoms with Crippen LogP contribution in [0.5, 0.6) is 0 Å². The van der Waals surface area contributed by atoms with Crippen LogP contribution in [0.1, 0.15) is 40.7 Å². The van der Waals surface area contributed by atoms with Gasteiger partial charge in [0.15, 0.2) is 0 Å². The summed E-state index contributed by atoms with van der Waals surface area (Å²) in [6.07, 6.45) is 4.55. The Labute approximate surface area is 165 Å². The third-order valence-corrected chi connectivity index (χ3v) is 6.03.